The fourth-order valence-corrected chi connectivity index (χ4v) is 2.85. The first-order valence-electron chi connectivity index (χ1n) is 7.17. The summed E-state index contributed by atoms with van der Waals surface area (Å²) in [6.07, 6.45) is 3.16. The Labute approximate surface area is 148 Å². The molecule has 1 amide bonds. The lowest BCUT2D eigenvalue weighted by Crippen LogP contribution is -2.24. The minimum Gasteiger partial charge on any atom is -0.337 e. The van der Waals surface area contributed by atoms with Crippen molar-refractivity contribution in [3.05, 3.63) is 64.3 Å². The molecule has 3 aromatic rings. The zero-order valence-corrected chi connectivity index (χ0v) is 14.4. The van der Waals surface area contributed by atoms with Crippen LogP contribution in [0.5, 0.6) is 0 Å². The third kappa shape index (κ3) is 3.90. The molecule has 0 spiro atoms. The Balaban J connectivity index is 1.63. The number of amides is 1. The van der Waals surface area contributed by atoms with Crippen LogP contribution in [0, 0.1) is 0 Å². The molecule has 3 rings (SSSR count). The molecule has 2 heterocycles. The summed E-state index contributed by atoms with van der Waals surface area (Å²) in [6, 6.07) is 11.2. The number of rotatable bonds is 5. The Bertz CT molecular complexity index is 858. The lowest BCUT2D eigenvalue weighted by atomic mass is 10.2. The van der Waals surface area contributed by atoms with Gasteiger partial charge in [-0.3, -0.25) is 4.79 Å². The van der Waals surface area contributed by atoms with Crippen molar-refractivity contribution in [1.29, 1.82) is 0 Å². The monoisotopic (exact) mass is 359 g/mol. The highest BCUT2D eigenvalue weighted by atomic mass is 35.5. The number of hydrogen-bond donors (Lipinski definition) is 0. The maximum Gasteiger partial charge on any atom is 0.246 e. The maximum atomic E-state index is 12.2. The second kappa shape index (κ2) is 7.42. The predicted molar refractivity (Wildman–Crippen MR) is 94.6 cm³/mol. The van der Waals surface area contributed by atoms with Gasteiger partial charge in [-0.25, -0.2) is 0 Å². The molecule has 2 aromatic heterocycles. The summed E-state index contributed by atoms with van der Waals surface area (Å²) in [7, 11) is 1.67. The molecule has 0 saturated carbocycles. The average Bonchev–Trinajstić information content (AvgIpc) is 3.25. The summed E-state index contributed by atoms with van der Waals surface area (Å²) in [5, 5.41) is 6.47. The van der Waals surface area contributed by atoms with Crippen LogP contribution in [0.3, 0.4) is 0 Å². The first-order chi connectivity index (χ1) is 11.6. The molecule has 0 fully saturated rings. The van der Waals surface area contributed by atoms with E-state index < -0.39 is 0 Å². The number of thiophene rings is 1. The van der Waals surface area contributed by atoms with E-state index in [1.54, 1.807) is 19.2 Å². The van der Waals surface area contributed by atoms with Crippen LogP contribution in [0.15, 0.2) is 52.4 Å². The SMILES string of the molecule is CN(Cc1nc(-c2cccs2)no1)C(=O)C=Cc1ccccc1Cl. The highest BCUT2D eigenvalue weighted by Gasteiger charge is 2.13. The van der Waals surface area contributed by atoms with Crippen molar-refractivity contribution in [3.63, 3.8) is 0 Å². The number of carbonyl (C=O) groups excluding carboxylic acids is 1. The molecule has 1 aromatic carbocycles. The van der Waals surface area contributed by atoms with E-state index >= 15 is 0 Å². The Morgan fingerprint density at radius 1 is 1.33 bits per heavy atom. The largest absolute Gasteiger partial charge is 0.337 e. The Kier molecular flexibility index (Phi) is 5.08. The number of benzene rings is 1. The minimum absolute atomic E-state index is 0.175. The number of halogens is 1. The van der Waals surface area contributed by atoms with Gasteiger partial charge in [-0.1, -0.05) is 41.0 Å². The summed E-state index contributed by atoms with van der Waals surface area (Å²) in [5.74, 6) is 0.749. The molecule has 0 atom stereocenters. The molecule has 24 heavy (non-hydrogen) atoms. The van der Waals surface area contributed by atoms with Crippen LogP contribution in [0.4, 0.5) is 0 Å². The van der Waals surface area contributed by atoms with Crippen LogP contribution in [0.1, 0.15) is 11.5 Å². The van der Waals surface area contributed by atoms with E-state index in [4.69, 9.17) is 16.1 Å². The number of hydrogen-bond acceptors (Lipinski definition) is 5. The standard InChI is InChI=1S/C17H14ClN3O2S/c1-21(16(22)9-8-12-5-2-3-6-13(12)18)11-15-19-17(20-23-15)14-7-4-10-24-14/h2-10H,11H2,1H3. The van der Waals surface area contributed by atoms with Crippen LogP contribution in [-0.4, -0.2) is 28.0 Å². The van der Waals surface area contributed by atoms with Gasteiger partial charge >= 0.3 is 0 Å². The molecule has 0 saturated heterocycles. The summed E-state index contributed by atoms with van der Waals surface area (Å²) < 4.78 is 5.20. The van der Waals surface area contributed by atoms with Crippen LogP contribution in [0.25, 0.3) is 16.8 Å². The molecule has 0 aliphatic carbocycles. The molecule has 122 valence electrons. The minimum atomic E-state index is -0.175. The lowest BCUT2D eigenvalue weighted by molar-refractivity contribution is -0.125. The second-order valence-electron chi connectivity index (χ2n) is 5.04. The van der Waals surface area contributed by atoms with Crippen molar-refractivity contribution < 1.29 is 9.32 Å². The van der Waals surface area contributed by atoms with Crippen molar-refractivity contribution in [2.75, 3.05) is 7.05 Å². The van der Waals surface area contributed by atoms with E-state index in [2.05, 4.69) is 10.1 Å². The zero-order valence-electron chi connectivity index (χ0n) is 12.8. The van der Waals surface area contributed by atoms with Gasteiger partial charge in [0.2, 0.25) is 17.6 Å². The van der Waals surface area contributed by atoms with Crippen molar-refractivity contribution in [2.24, 2.45) is 0 Å². The highest BCUT2D eigenvalue weighted by molar-refractivity contribution is 7.13. The van der Waals surface area contributed by atoms with Gasteiger partial charge < -0.3 is 9.42 Å². The van der Waals surface area contributed by atoms with E-state index in [1.165, 1.54) is 22.3 Å². The first kappa shape index (κ1) is 16.4. The van der Waals surface area contributed by atoms with Gasteiger partial charge in [0.05, 0.1) is 11.4 Å². The third-order valence-corrected chi connectivity index (χ3v) is 4.48. The van der Waals surface area contributed by atoms with Gasteiger partial charge in [0, 0.05) is 18.1 Å². The van der Waals surface area contributed by atoms with E-state index in [1.807, 2.05) is 35.7 Å². The molecule has 0 radical (unpaired) electrons. The Hall–Kier alpha value is -2.44. The second-order valence-corrected chi connectivity index (χ2v) is 6.39. The fraction of sp³-hybridized carbons (Fsp3) is 0.118. The molecule has 0 aliphatic rings. The predicted octanol–water partition coefficient (Wildman–Crippen LogP) is 4.12. The normalized spacial score (nSPS) is 11.1. The number of carbonyl (C=O) groups is 1. The number of aromatic nitrogens is 2. The topological polar surface area (TPSA) is 59.2 Å². The van der Waals surface area contributed by atoms with E-state index in [-0.39, 0.29) is 12.5 Å². The van der Waals surface area contributed by atoms with Gasteiger partial charge in [0.25, 0.3) is 0 Å². The molecule has 0 aliphatic heterocycles. The van der Waals surface area contributed by atoms with Gasteiger partial charge in [0.15, 0.2) is 0 Å². The summed E-state index contributed by atoms with van der Waals surface area (Å²) in [4.78, 5) is 18.9. The Morgan fingerprint density at radius 3 is 2.92 bits per heavy atom. The van der Waals surface area contributed by atoms with Gasteiger partial charge in [-0.2, -0.15) is 4.98 Å². The fourth-order valence-electron chi connectivity index (χ4n) is 2.00. The van der Waals surface area contributed by atoms with Crippen LogP contribution in [0.2, 0.25) is 5.02 Å². The van der Waals surface area contributed by atoms with Crippen molar-refractivity contribution in [2.45, 2.75) is 6.54 Å². The van der Waals surface area contributed by atoms with Crippen LogP contribution >= 0.6 is 22.9 Å². The van der Waals surface area contributed by atoms with Crippen molar-refractivity contribution >= 4 is 34.9 Å². The summed E-state index contributed by atoms with van der Waals surface area (Å²) in [6.45, 7) is 0.240. The lowest BCUT2D eigenvalue weighted by Gasteiger charge is -2.11. The first-order valence-corrected chi connectivity index (χ1v) is 8.43. The molecule has 7 heteroatoms. The quantitative estimate of drug-likeness (QED) is 0.643. The third-order valence-electron chi connectivity index (χ3n) is 3.27. The number of likely N-dealkylation sites (N-methyl/N-ethyl adjacent to an activating group) is 1. The highest BCUT2D eigenvalue weighted by Crippen LogP contribution is 2.21. The van der Waals surface area contributed by atoms with E-state index in [0.717, 1.165) is 10.4 Å². The Morgan fingerprint density at radius 2 is 2.17 bits per heavy atom. The molecule has 0 unspecified atom stereocenters. The number of nitrogens with zero attached hydrogens (tertiary/aromatic N) is 3. The molecular weight excluding hydrogens is 346 g/mol. The summed E-state index contributed by atoms with van der Waals surface area (Å²) >= 11 is 7.59. The van der Waals surface area contributed by atoms with Crippen molar-refractivity contribution in [3.8, 4) is 10.7 Å². The van der Waals surface area contributed by atoms with Crippen molar-refractivity contribution in [1.82, 2.24) is 15.0 Å². The van der Waals surface area contributed by atoms with Gasteiger partial charge in [-0.15, -0.1) is 11.3 Å². The molecule has 0 N–H and O–H groups in total. The molecule has 5 nitrogen and oxygen atoms in total. The zero-order chi connectivity index (χ0) is 16.9. The molecule has 0 bridgehead atoms. The smallest absolute Gasteiger partial charge is 0.246 e. The molecular formula is C17H14ClN3O2S. The van der Waals surface area contributed by atoms with Gasteiger partial charge in [-0.05, 0) is 29.2 Å². The van der Waals surface area contributed by atoms with E-state index in [9.17, 15) is 4.79 Å². The maximum absolute atomic E-state index is 12.2. The van der Waals surface area contributed by atoms with E-state index in [0.29, 0.717) is 16.7 Å². The van der Waals surface area contributed by atoms with Crippen LogP contribution in [-0.2, 0) is 11.3 Å². The summed E-state index contributed by atoms with van der Waals surface area (Å²) in [5.41, 5.74) is 0.790. The van der Waals surface area contributed by atoms with Gasteiger partial charge in [0.1, 0.15) is 0 Å². The van der Waals surface area contributed by atoms with Crippen LogP contribution < -0.4 is 0 Å². The average molecular weight is 360 g/mol.